The van der Waals surface area contributed by atoms with Gasteiger partial charge in [-0.1, -0.05) is 54.1 Å². The first-order chi connectivity index (χ1) is 15.7. The molecule has 0 aliphatic rings. The van der Waals surface area contributed by atoms with Crippen molar-refractivity contribution in [1.82, 2.24) is 9.55 Å². The summed E-state index contributed by atoms with van der Waals surface area (Å²) in [5.41, 5.74) is 3.00. The van der Waals surface area contributed by atoms with E-state index in [9.17, 15) is 0 Å². The number of fused-ring (bicyclic) bond motifs is 1. The quantitative estimate of drug-likeness (QED) is 0.297. The lowest BCUT2D eigenvalue weighted by Gasteiger charge is -2.14. The maximum atomic E-state index is 6.21. The molecule has 0 bridgehead atoms. The van der Waals surface area contributed by atoms with E-state index in [0.29, 0.717) is 42.0 Å². The summed E-state index contributed by atoms with van der Waals surface area (Å²) in [7, 11) is 1.64. The molecule has 164 valence electrons. The number of halogens is 1. The Hall–Kier alpha value is -3.44. The highest BCUT2D eigenvalue weighted by Crippen LogP contribution is 2.30. The Kier molecular flexibility index (Phi) is 6.97. The summed E-state index contributed by atoms with van der Waals surface area (Å²) in [5.74, 6) is 2.84. The number of hydrogen-bond acceptors (Lipinski definition) is 4. The van der Waals surface area contributed by atoms with Crippen LogP contribution in [0.3, 0.4) is 0 Å². The highest BCUT2D eigenvalue weighted by Gasteiger charge is 2.13. The number of para-hydroxylation sites is 3. The van der Waals surface area contributed by atoms with Gasteiger partial charge in [0.25, 0.3) is 0 Å². The molecule has 0 amide bonds. The van der Waals surface area contributed by atoms with E-state index in [1.54, 1.807) is 7.11 Å². The number of allylic oxidation sites excluding steroid dienone is 1. The number of rotatable bonds is 9. The predicted octanol–water partition coefficient (Wildman–Crippen LogP) is 6.39. The lowest BCUT2D eigenvalue weighted by atomic mass is 10.2. The van der Waals surface area contributed by atoms with E-state index in [4.69, 9.17) is 30.8 Å². The number of hydrogen-bond donors (Lipinski definition) is 0. The number of methoxy groups -OCH3 is 1. The molecule has 0 atom stereocenters. The zero-order valence-corrected chi connectivity index (χ0v) is 18.9. The third-order valence-electron chi connectivity index (χ3n) is 5.05. The van der Waals surface area contributed by atoms with Crippen molar-refractivity contribution in [2.24, 2.45) is 0 Å². The molecule has 0 saturated heterocycles. The summed E-state index contributed by atoms with van der Waals surface area (Å²) in [6.45, 7) is 3.36. The van der Waals surface area contributed by atoms with Crippen molar-refractivity contribution >= 4 is 28.7 Å². The number of benzene rings is 3. The van der Waals surface area contributed by atoms with Crippen molar-refractivity contribution in [3.8, 4) is 17.2 Å². The van der Waals surface area contributed by atoms with Crippen molar-refractivity contribution in [1.29, 1.82) is 0 Å². The van der Waals surface area contributed by atoms with Gasteiger partial charge in [-0.25, -0.2) is 4.98 Å². The normalized spacial score (nSPS) is 11.2. The first-order valence-corrected chi connectivity index (χ1v) is 10.8. The van der Waals surface area contributed by atoms with Crippen LogP contribution >= 0.6 is 11.6 Å². The summed E-state index contributed by atoms with van der Waals surface area (Å²) in [5, 5.41) is 0.597. The largest absolute Gasteiger partial charge is 0.493 e. The van der Waals surface area contributed by atoms with Crippen LogP contribution in [0.4, 0.5) is 0 Å². The van der Waals surface area contributed by atoms with E-state index >= 15 is 0 Å². The number of imidazole rings is 1. The molecule has 0 fully saturated rings. The fraction of sp³-hybridized carbons (Fsp3) is 0.192. The second kappa shape index (κ2) is 10.2. The molecule has 0 aliphatic carbocycles. The maximum Gasteiger partial charge on any atom is 0.161 e. The minimum absolute atomic E-state index is 0.306. The molecular weight excluding hydrogens is 424 g/mol. The van der Waals surface area contributed by atoms with E-state index in [1.807, 2.05) is 85.8 Å². The zero-order valence-electron chi connectivity index (χ0n) is 18.1. The number of aromatic nitrogens is 2. The zero-order chi connectivity index (χ0) is 22.3. The molecule has 4 rings (SSSR count). The summed E-state index contributed by atoms with van der Waals surface area (Å²) in [6.07, 6.45) is 4.01. The minimum Gasteiger partial charge on any atom is -0.493 e. The Labute approximate surface area is 192 Å². The Morgan fingerprint density at radius 1 is 0.938 bits per heavy atom. The van der Waals surface area contributed by atoms with Crippen molar-refractivity contribution in [2.45, 2.75) is 20.1 Å². The standard InChI is InChI=1S/C26H25ClN2O3/c1-3-8-19-13-14-24(25(17-19)30-2)32-18-26-28-21-10-5-6-11-22(21)29(26)15-16-31-23-12-7-4-9-20(23)27/h3-14,17H,15-16,18H2,1-2H3/b8-3-. The van der Waals surface area contributed by atoms with Gasteiger partial charge in [0.15, 0.2) is 11.5 Å². The molecule has 0 unspecified atom stereocenters. The molecule has 0 N–H and O–H groups in total. The van der Waals surface area contributed by atoms with Crippen LogP contribution in [0.1, 0.15) is 18.3 Å². The van der Waals surface area contributed by atoms with E-state index in [2.05, 4.69) is 4.57 Å². The van der Waals surface area contributed by atoms with Gasteiger partial charge in [0.05, 0.1) is 29.7 Å². The Morgan fingerprint density at radius 2 is 1.75 bits per heavy atom. The van der Waals surface area contributed by atoms with Gasteiger partial charge in [0.1, 0.15) is 24.8 Å². The lowest BCUT2D eigenvalue weighted by Crippen LogP contribution is -2.13. The second-order valence-electron chi connectivity index (χ2n) is 7.15. The molecule has 3 aromatic carbocycles. The van der Waals surface area contributed by atoms with Gasteiger partial charge in [0.2, 0.25) is 0 Å². The monoisotopic (exact) mass is 448 g/mol. The van der Waals surface area contributed by atoms with Crippen molar-refractivity contribution in [3.05, 3.63) is 89.2 Å². The topological polar surface area (TPSA) is 45.5 Å². The lowest BCUT2D eigenvalue weighted by molar-refractivity contribution is 0.262. The van der Waals surface area contributed by atoms with Crippen LogP contribution in [0.15, 0.2) is 72.8 Å². The van der Waals surface area contributed by atoms with E-state index < -0.39 is 0 Å². The van der Waals surface area contributed by atoms with Crippen LogP contribution in [0.2, 0.25) is 5.02 Å². The first-order valence-electron chi connectivity index (χ1n) is 10.4. The van der Waals surface area contributed by atoms with Crippen molar-refractivity contribution < 1.29 is 14.2 Å². The van der Waals surface area contributed by atoms with Gasteiger partial charge in [-0.2, -0.15) is 0 Å². The van der Waals surface area contributed by atoms with Gasteiger partial charge in [0, 0.05) is 0 Å². The SMILES string of the molecule is C/C=C\c1ccc(OCc2nc3ccccc3n2CCOc2ccccc2Cl)c(OC)c1. The van der Waals surface area contributed by atoms with E-state index in [0.717, 1.165) is 22.4 Å². The minimum atomic E-state index is 0.306. The predicted molar refractivity (Wildman–Crippen MR) is 129 cm³/mol. The molecule has 0 aliphatic heterocycles. The van der Waals surface area contributed by atoms with Crippen LogP contribution in [0, 0.1) is 0 Å². The summed E-state index contributed by atoms with van der Waals surface area (Å²) in [6, 6.07) is 21.4. The Bertz CT molecular complexity index is 1230. The Balaban J connectivity index is 1.53. The smallest absolute Gasteiger partial charge is 0.161 e. The van der Waals surface area contributed by atoms with Gasteiger partial charge in [-0.15, -0.1) is 0 Å². The highest BCUT2D eigenvalue weighted by atomic mass is 35.5. The molecule has 4 aromatic rings. The highest BCUT2D eigenvalue weighted by molar-refractivity contribution is 6.32. The third kappa shape index (κ3) is 4.89. The molecule has 1 heterocycles. The molecule has 0 saturated carbocycles. The molecule has 1 aromatic heterocycles. The first kappa shape index (κ1) is 21.8. The van der Waals surface area contributed by atoms with Crippen molar-refractivity contribution in [3.63, 3.8) is 0 Å². The summed E-state index contributed by atoms with van der Waals surface area (Å²) >= 11 is 6.21. The van der Waals surface area contributed by atoms with E-state index in [1.165, 1.54) is 0 Å². The summed E-state index contributed by atoms with van der Waals surface area (Å²) < 4.78 is 19.6. The van der Waals surface area contributed by atoms with Crippen LogP contribution in [0.5, 0.6) is 17.2 Å². The molecule has 0 spiro atoms. The number of nitrogens with zero attached hydrogens (tertiary/aromatic N) is 2. The second-order valence-corrected chi connectivity index (χ2v) is 7.55. The molecule has 0 radical (unpaired) electrons. The van der Waals surface area contributed by atoms with Gasteiger partial charge in [-0.05, 0) is 48.9 Å². The molecule has 6 heteroatoms. The van der Waals surface area contributed by atoms with Gasteiger partial charge < -0.3 is 18.8 Å². The average Bonchev–Trinajstić information content (AvgIpc) is 3.17. The molecular formula is C26H25ClN2O3. The summed E-state index contributed by atoms with van der Waals surface area (Å²) in [4.78, 5) is 4.78. The van der Waals surface area contributed by atoms with Gasteiger partial charge >= 0.3 is 0 Å². The number of ether oxygens (including phenoxy) is 3. The maximum absolute atomic E-state index is 6.21. The Morgan fingerprint density at radius 3 is 2.56 bits per heavy atom. The molecule has 5 nitrogen and oxygen atoms in total. The third-order valence-corrected chi connectivity index (χ3v) is 5.36. The van der Waals surface area contributed by atoms with Crippen LogP contribution in [0.25, 0.3) is 17.1 Å². The van der Waals surface area contributed by atoms with Crippen LogP contribution in [-0.4, -0.2) is 23.3 Å². The average molecular weight is 449 g/mol. The fourth-order valence-corrected chi connectivity index (χ4v) is 3.73. The van der Waals surface area contributed by atoms with Crippen LogP contribution in [-0.2, 0) is 13.2 Å². The van der Waals surface area contributed by atoms with Crippen LogP contribution < -0.4 is 14.2 Å². The van der Waals surface area contributed by atoms with Crippen molar-refractivity contribution in [2.75, 3.05) is 13.7 Å². The van der Waals surface area contributed by atoms with E-state index in [-0.39, 0.29) is 0 Å². The molecule has 32 heavy (non-hydrogen) atoms. The fourth-order valence-electron chi connectivity index (χ4n) is 3.54. The van der Waals surface area contributed by atoms with Gasteiger partial charge in [-0.3, -0.25) is 0 Å².